The highest BCUT2D eigenvalue weighted by molar-refractivity contribution is 6.03. The number of hydrogen-bond acceptors (Lipinski definition) is 3. The van der Waals surface area contributed by atoms with Crippen molar-refractivity contribution in [2.24, 2.45) is 0 Å². The van der Waals surface area contributed by atoms with Gasteiger partial charge in [-0.15, -0.1) is 0 Å². The fraction of sp³-hybridized carbons (Fsp3) is 0.111. The normalized spacial score (nSPS) is 10.5. The van der Waals surface area contributed by atoms with Gasteiger partial charge in [-0.3, -0.25) is 4.79 Å². The van der Waals surface area contributed by atoms with Crippen molar-refractivity contribution < 1.29 is 13.9 Å². The summed E-state index contributed by atoms with van der Waals surface area (Å²) in [4.78, 5) is 12.4. The molecule has 0 aliphatic heterocycles. The number of amides is 1. The molecule has 0 unspecified atom stereocenters. The molecule has 2 aromatic carbocycles. The Labute approximate surface area is 138 Å². The zero-order valence-electron chi connectivity index (χ0n) is 13.3. The fourth-order valence-electron chi connectivity index (χ4n) is 2.33. The van der Waals surface area contributed by atoms with E-state index in [1.54, 1.807) is 54.3 Å². The molecule has 1 N–H and O–H groups in total. The predicted octanol–water partition coefficient (Wildman–Crippen LogP) is 3.58. The molecule has 0 atom stereocenters. The van der Waals surface area contributed by atoms with Crippen LogP contribution in [0.4, 0.5) is 10.1 Å². The van der Waals surface area contributed by atoms with Gasteiger partial charge in [0, 0.05) is 17.4 Å². The van der Waals surface area contributed by atoms with Gasteiger partial charge < -0.3 is 10.1 Å². The average Bonchev–Trinajstić information content (AvgIpc) is 2.98. The molecular weight excluding hydrogens is 309 g/mol. The summed E-state index contributed by atoms with van der Waals surface area (Å²) in [5, 5.41) is 7.08. The van der Waals surface area contributed by atoms with E-state index in [0.29, 0.717) is 17.1 Å². The number of benzene rings is 2. The molecule has 0 aliphatic carbocycles. The van der Waals surface area contributed by atoms with Gasteiger partial charge in [-0.2, -0.15) is 5.10 Å². The third kappa shape index (κ3) is 3.27. The van der Waals surface area contributed by atoms with Gasteiger partial charge >= 0.3 is 0 Å². The van der Waals surface area contributed by atoms with Gasteiger partial charge in [-0.25, -0.2) is 9.07 Å². The second kappa shape index (κ2) is 6.54. The Hall–Kier alpha value is -3.15. The zero-order valence-corrected chi connectivity index (χ0v) is 13.3. The van der Waals surface area contributed by atoms with Crippen LogP contribution in [-0.4, -0.2) is 22.8 Å². The van der Waals surface area contributed by atoms with Crippen molar-refractivity contribution >= 4 is 11.6 Å². The Bertz CT molecular complexity index is 872. The predicted molar refractivity (Wildman–Crippen MR) is 89.2 cm³/mol. The Balaban J connectivity index is 1.83. The molecule has 3 aromatic rings. The Morgan fingerprint density at radius 1 is 1.17 bits per heavy atom. The molecule has 0 aliphatic rings. The van der Waals surface area contributed by atoms with Crippen LogP contribution in [0.5, 0.6) is 5.75 Å². The number of methoxy groups -OCH3 is 1. The van der Waals surface area contributed by atoms with Crippen LogP contribution in [-0.2, 0) is 0 Å². The highest BCUT2D eigenvalue weighted by Crippen LogP contribution is 2.18. The van der Waals surface area contributed by atoms with Gasteiger partial charge in [0.25, 0.3) is 5.91 Å². The molecule has 0 fully saturated rings. The average molecular weight is 325 g/mol. The SMILES string of the molecule is COc1cccc(NC(=O)c2cc(C)n(-c3ccc(F)cc3)n2)c1. The second-order valence-corrected chi connectivity index (χ2v) is 5.25. The molecule has 0 bridgehead atoms. The molecule has 0 spiro atoms. The standard InChI is InChI=1S/C18H16FN3O2/c1-12-10-17(21-22(12)15-8-6-13(19)7-9-15)18(23)20-14-4-3-5-16(11-14)24-2/h3-11H,1-2H3,(H,20,23). The number of nitrogens with zero attached hydrogens (tertiary/aromatic N) is 2. The number of hydrogen-bond donors (Lipinski definition) is 1. The maximum absolute atomic E-state index is 13.0. The summed E-state index contributed by atoms with van der Waals surface area (Å²) < 4.78 is 19.8. The molecule has 6 heteroatoms. The van der Waals surface area contributed by atoms with E-state index in [1.165, 1.54) is 12.1 Å². The van der Waals surface area contributed by atoms with E-state index in [4.69, 9.17) is 4.74 Å². The molecule has 24 heavy (non-hydrogen) atoms. The topological polar surface area (TPSA) is 56.1 Å². The summed E-state index contributed by atoms with van der Waals surface area (Å²) in [6, 6.07) is 14.7. The van der Waals surface area contributed by atoms with Crippen molar-refractivity contribution in [3.8, 4) is 11.4 Å². The van der Waals surface area contributed by atoms with Gasteiger partial charge in [0.1, 0.15) is 11.6 Å². The molecule has 1 aromatic heterocycles. The van der Waals surface area contributed by atoms with Gasteiger partial charge in [0.15, 0.2) is 5.69 Å². The lowest BCUT2D eigenvalue weighted by Crippen LogP contribution is -2.13. The first kappa shape index (κ1) is 15.7. The zero-order chi connectivity index (χ0) is 17.1. The van der Waals surface area contributed by atoms with Crippen LogP contribution in [0.15, 0.2) is 54.6 Å². The van der Waals surface area contributed by atoms with E-state index in [-0.39, 0.29) is 17.4 Å². The fourth-order valence-corrected chi connectivity index (χ4v) is 2.33. The van der Waals surface area contributed by atoms with E-state index < -0.39 is 0 Å². The smallest absolute Gasteiger partial charge is 0.276 e. The van der Waals surface area contributed by atoms with Crippen molar-refractivity contribution in [3.63, 3.8) is 0 Å². The third-order valence-electron chi connectivity index (χ3n) is 3.52. The lowest BCUT2D eigenvalue weighted by atomic mass is 10.3. The minimum absolute atomic E-state index is 0.277. The van der Waals surface area contributed by atoms with Gasteiger partial charge in [0.2, 0.25) is 0 Å². The number of halogens is 1. The van der Waals surface area contributed by atoms with Crippen LogP contribution >= 0.6 is 0 Å². The number of aryl methyl sites for hydroxylation is 1. The minimum atomic E-state index is -0.327. The highest BCUT2D eigenvalue weighted by atomic mass is 19.1. The monoisotopic (exact) mass is 325 g/mol. The summed E-state index contributed by atoms with van der Waals surface area (Å²) in [5.74, 6) is 0.00703. The van der Waals surface area contributed by atoms with Crippen LogP contribution in [0.1, 0.15) is 16.2 Å². The largest absolute Gasteiger partial charge is 0.497 e. The quantitative estimate of drug-likeness (QED) is 0.797. The van der Waals surface area contributed by atoms with Crippen molar-refractivity contribution in [1.29, 1.82) is 0 Å². The van der Waals surface area contributed by atoms with E-state index in [1.807, 2.05) is 6.92 Å². The number of anilines is 1. The van der Waals surface area contributed by atoms with Crippen molar-refractivity contribution in [3.05, 3.63) is 71.8 Å². The third-order valence-corrected chi connectivity index (χ3v) is 3.52. The Morgan fingerprint density at radius 3 is 2.62 bits per heavy atom. The summed E-state index contributed by atoms with van der Waals surface area (Å²) in [7, 11) is 1.56. The Kier molecular flexibility index (Phi) is 4.29. The summed E-state index contributed by atoms with van der Waals surface area (Å²) >= 11 is 0. The molecule has 1 amide bonds. The van der Waals surface area contributed by atoms with Crippen LogP contribution < -0.4 is 10.1 Å². The van der Waals surface area contributed by atoms with Crippen molar-refractivity contribution in [2.75, 3.05) is 12.4 Å². The molecular formula is C18H16FN3O2. The first-order valence-electron chi connectivity index (χ1n) is 7.35. The number of aromatic nitrogens is 2. The summed E-state index contributed by atoms with van der Waals surface area (Å²) in [6.07, 6.45) is 0. The first-order valence-corrected chi connectivity index (χ1v) is 7.35. The summed E-state index contributed by atoms with van der Waals surface area (Å²) in [6.45, 7) is 1.83. The maximum Gasteiger partial charge on any atom is 0.276 e. The molecule has 0 saturated carbocycles. The number of carbonyl (C=O) groups is 1. The number of ether oxygens (including phenoxy) is 1. The molecule has 5 nitrogen and oxygen atoms in total. The second-order valence-electron chi connectivity index (χ2n) is 5.25. The summed E-state index contributed by atoms with van der Waals surface area (Å²) in [5.41, 5.74) is 2.36. The van der Waals surface area contributed by atoms with Crippen LogP contribution in [0.3, 0.4) is 0 Å². The van der Waals surface area contributed by atoms with Gasteiger partial charge in [-0.1, -0.05) is 6.07 Å². The lowest BCUT2D eigenvalue weighted by molar-refractivity contribution is 0.102. The van der Waals surface area contributed by atoms with Crippen LogP contribution in [0, 0.1) is 12.7 Å². The highest BCUT2D eigenvalue weighted by Gasteiger charge is 2.14. The minimum Gasteiger partial charge on any atom is -0.497 e. The first-order chi connectivity index (χ1) is 11.6. The number of nitrogens with one attached hydrogen (secondary N) is 1. The number of carbonyl (C=O) groups excluding carboxylic acids is 1. The van der Waals surface area contributed by atoms with Crippen molar-refractivity contribution in [2.45, 2.75) is 6.92 Å². The van der Waals surface area contributed by atoms with E-state index in [9.17, 15) is 9.18 Å². The van der Waals surface area contributed by atoms with E-state index >= 15 is 0 Å². The lowest BCUT2D eigenvalue weighted by Gasteiger charge is -2.05. The number of rotatable bonds is 4. The molecule has 1 heterocycles. The van der Waals surface area contributed by atoms with E-state index in [2.05, 4.69) is 10.4 Å². The van der Waals surface area contributed by atoms with Crippen LogP contribution in [0.2, 0.25) is 0 Å². The van der Waals surface area contributed by atoms with Gasteiger partial charge in [0.05, 0.1) is 12.8 Å². The van der Waals surface area contributed by atoms with Crippen molar-refractivity contribution in [1.82, 2.24) is 9.78 Å². The maximum atomic E-state index is 13.0. The molecule has 0 radical (unpaired) electrons. The molecule has 0 saturated heterocycles. The molecule has 3 rings (SSSR count). The van der Waals surface area contributed by atoms with Gasteiger partial charge in [-0.05, 0) is 49.4 Å². The molecule has 122 valence electrons. The van der Waals surface area contributed by atoms with E-state index in [0.717, 1.165) is 5.69 Å². The Morgan fingerprint density at radius 2 is 1.92 bits per heavy atom. The van der Waals surface area contributed by atoms with Crippen LogP contribution in [0.25, 0.3) is 5.69 Å².